The molecule has 0 aliphatic heterocycles. The van der Waals surface area contributed by atoms with Crippen LogP contribution in [0, 0.1) is 0 Å². The largest absolute Gasteiger partial charge is 0.316 e. The normalized spacial score (nSPS) is 11.2. The minimum absolute atomic E-state index is 0. The highest BCUT2D eigenvalue weighted by Gasteiger charge is 1.87. The summed E-state index contributed by atoms with van der Waals surface area (Å²) in [6.45, 7) is 2.23. The van der Waals surface area contributed by atoms with E-state index in [0.717, 1.165) is 5.88 Å². The number of allylic oxidation sites excluding steroid dienone is 4. The molecule has 2 heteroatoms. The molecule has 0 aliphatic carbocycles. The molecule has 0 rings (SSSR count). The fourth-order valence-electron chi connectivity index (χ4n) is 1.56. The van der Waals surface area contributed by atoms with Crippen molar-refractivity contribution >= 4 is 34.7 Å². The fraction of sp³-hybridized carbons (Fsp3) is 0.733. The third kappa shape index (κ3) is 19.1. The van der Waals surface area contributed by atoms with Crippen molar-refractivity contribution in [1.82, 2.24) is 0 Å². The summed E-state index contributed by atoms with van der Waals surface area (Å²) in [6, 6.07) is 0. The third-order valence-electron chi connectivity index (χ3n) is 2.61. The van der Waals surface area contributed by atoms with Crippen LogP contribution in [0.2, 0.25) is 0 Å². The molecule has 0 aromatic heterocycles. The lowest BCUT2D eigenvalue weighted by Crippen LogP contribution is -1.79. The van der Waals surface area contributed by atoms with Crippen LogP contribution in [0.3, 0.4) is 0 Å². The first-order chi connectivity index (χ1) is 7.91. The molecule has 0 N–H and O–H groups in total. The molecule has 0 saturated heterocycles. The van der Waals surface area contributed by atoms with Gasteiger partial charge < -0.3 is 0 Å². The molecule has 0 aliphatic rings. The zero-order valence-electron chi connectivity index (χ0n) is 10.8. The Morgan fingerprint density at radius 3 is 1.88 bits per heavy atom. The van der Waals surface area contributed by atoms with Crippen molar-refractivity contribution in [2.45, 2.75) is 64.7 Å². The molecule has 0 aromatic rings. The van der Waals surface area contributed by atoms with Crippen LogP contribution in [0.15, 0.2) is 24.3 Å². The monoisotopic (exact) mass is 268 g/mol. The Morgan fingerprint density at radius 1 is 0.765 bits per heavy atom. The van der Waals surface area contributed by atoms with Crippen LogP contribution in [-0.2, 0) is 0 Å². The SMILES string of the molecule is CCCC/C=C\C=C\CCCCCCCCl.[MgH2]. The number of unbranched alkanes of at least 4 members (excludes halogenated alkanes) is 7. The van der Waals surface area contributed by atoms with E-state index in [4.69, 9.17) is 11.6 Å². The molecule has 0 amide bonds. The maximum atomic E-state index is 5.62. The van der Waals surface area contributed by atoms with Crippen LogP contribution in [0.5, 0.6) is 0 Å². The van der Waals surface area contributed by atoms with Crippen LogP contribution in [-0.4, -0.2) is 28.9 Å². The molecule has 0 saturated carbocycles. The maximum Gasteiger partial charge on any atom is 0.316 e. The lowest BCUT2D eigenvalue weighted by molar-refractivity contribution is 0.639. The average Bonchev–Trinajstić information content (AvgIpc) is 2.31. The van der Waals surface area contributed by atoms with Gasteiger partial charge in [0.05, 0.1) is 0 Å². The van der Waals surface area contributed by atoms with Crippen molar-refractivity contribution in [3.63, 3.8) is 0 Å². The van der Waals surface area contributed by atoms with Gasteiger partial charge in [-0.25, -0.2) is 0 Å². The summed E-state index contributed by atoms with van der Waals surface area (Å²) >= 11 is 5.62. The molecule has 0 heterocycles. The van der Waals surface area contributed by atoms with Gasteiger partial charge in [-0.3, -0.25) is 0 Å². The van der Waals surface area contributed by atoms with Crippen LogP contribution >= 0.6 is 11.6 Å². The first-order valence-corrected chi connectivity index (χ1v) is 7.33. The van der Waals surface area contributed by atoms with Crippen molar-refractivity contribution in [3.05, 3.63) is 24.3 Å². The van der Waals surface area contributed by atoms with E-state index in [1.54, 1.807) is 0 Å². The minimum atomic E-state index is 0. The van der Waals surface area contributed by atoms with Gasteiger partial charge >= 0.3 is 23.1 Å². The molecular weight excluding hydrogens is 240 g/mol. The lowest BCUT2D eigenvalue weighted by atomic mass is 10.1. The van der Waals surface area contributed by atoms with Gasteiger partial charge in [-0.15, -0.1) is 11.6 Å². The smallest absolute Gasteiger partial charge is 0.127 e. The van der Waals surface area contributed by atoms with Gasteiger partial charge in [0, 0.05) is 5.88 Å². The van der Waals surface area contributed by atoms with Crippen LogP contribution in [0.1, 0.15) is 64.7 Å². The molecule has 0 spiro atoms. The Balaban J connectivity index is 0. The van der Waals surface area contributed by atoms with Gasteiger partial charge in [0.1, 0.15) is 0 Å². The average molecular weight is 269 g/mol. The van der Waals surface area contributed by atoms with Crippen molar-refractivity contribution in [2.75, 3.05) is 5.88 Å². The highest BCUT2D eigenvalue weighted by atomic mass is 35.5. The van der Waals surface area contributed by atoms with Crippen molar-refractivity contribution in [1.29, 1.82) is 0 Å². The number of rotatable bonds is 11. The van der Waals surface area contributed by atoms with Crippen molar-refractivity contribution < 1.29 is 0 Å². The van der Waals surface area contributed by atoms with Crippen molar-refractivity contribution in [2.24, 2.45) is 0 Å². The molecule has 0 radical (unpaired) electrons. The summed E-state index contributed by atoms with van der Waals surface area (Å²) in [4.78, 5) is 0. The van der Waals surface area contributed by atoms with Crippen molar-refractivity contribution in [3.8, 4) is 0 Å². The second-order valence-electron chi connectivity index (χ2n) is 4.24. The molecule has 0 bridgehead atoms. The Kier molecular flexibility index (Phi) is 22.1. The van der Waals surface area contributed by atoms with Crippen LogP contribution in [0.25, 0.3) is 0 Å². The van der Waals surface area contributed by atoms with Gasteiger partial charge in [0.2, 0.25) is 0 Å². The van der Waals surface area contributed by atoms with Crippen LogP contribution in [0.4, 0.5) is 0 Å². The molecule has 0 atom stereocenters. The molecule has 0 nitrogen and oxygen atoms in total. The first-order valence-electron chi connectivity index (χ1n) is 6.79. The summed E-state index contributed by atoms with van der Waals surface area (Å²) < 4.78 is 0. The Labute approximate surface area is 129 Å². The maximum absolute atomic E-state index is 5.62. The molecule has 17 heavy (non-hydrogen) atoms. The summed E-state index contributed by atoms with van der Waals surface area (Å²) in [5.74, 6) is 0.822. The van der Waals surface area contributed by atoms with Gasteiger partial charge in [0.15, 0.2) is 0 Å². The standard InChI is InChI=1S/C15H27Cl.Mg.2H/c1-2-3-4-5-6-7-8-9-10-11-12-13-14-15-16;;;/h5-8H,2-4,9-15H2,1H3;;;/b6-5-,8-7+;;;. The second-order valence-corrected chi connectivity index (χ2v) is 4.62. The van der Waals surface area contributed by atoms with E-state index < -0.39 is 0 Å². The Hall–Kier alpha value is 0.536. The Bertz CT molecular complexity index is 176. The van der Waals surface area contributed by atoms with Gasteiger partial charge in [-0.2, -0.15) is 0 Å². The summed E-state index contributed by atoms with van der Waals surface area (Å²) in [7, 11) is 0. The number of alkyl halides is 1. The predicted molar refractivity (Wildman–Crippen MR) is 84.8 cm³/mol. The predicted octanol–water partition coefficient (Wildman–Crippen LogP) is 4.95. The zero-order valence-corrected chi connectivity index (χ0v) is 11.5. The van der Waals surface area contributed by atoms with E-state index in [-0.39, 0.29) is 23.1 Å². The van der Waals surface area contributed by atoms with Gasteiger partial charge in [0.25, 0.3) is 0 Å². The topological polar surface area (TPSA) is 0 Å². The number of halogens is 1. The molecular formula is C15H29ClMg. The number of hydrogen-bond donors (Lipinski definition) is 0. The molecule has 0 aromatic carbocycles. The fourth-order valence-corrected chi connectivity index (χ4v) is 1.75. The van der Waals surface area contributed by atoms with E-state index in [9.17, 15) is 0 Å². The minimum Gasteiger partial charge on any atom is -0.127 e. The summed E-state index contributed by atoms with van der Waals surface area (Å²) in [6.07, 6.45) is 20.4. The third-order valence-corrected chi connectivity index (χ3v) is 2.88. The molecule has 0 unspecified atom stereocenters. The van der Waals surface area contributed by atoms with E-state index >= 15 is 0 Å². The summed E-state index contributed by atoms with van der Waals surface area (Å²) in [5, 5.41) is 0. The quantitative estimate of drug-likeness (QED) is 0.215. The lowest BCUT2D eigenvalue weighted by Gasteiger charge is -1.96. The van der Waals surface area contributed by atoms with E-state index in [1.807, 2.05) is 0 Å². The second kappa shape index (κ2) is 18.9. The zero-order chi connectivity index (χ0) is 11.9. The van der Waals surface area contributed by atoms with Crippen LogP contribution < -0.4 is 0 Å². The van der Waals surface area contributed by atoms with Gasteiger partial charge in [-0.1, -0.05) is 63.3 Å². The Morgan fingerprint density at radius 2 is 1.29 bits per heavy atom. The van der Waals surface area contributed by atoms with Gasteiger partial charge in [-0.05, 0) is 25.7 Å². The first kappa shape index (κ1) is 19.9. The van der Waals surface area contributed by atoms with E-state index in [2.05, 4.69) is 31.2 Å². The number of hydrogen-bond acceptors (Lipinski definition) is 0. The molecule has 0 fully saturated rings. The summed E-state index contributed by atoms with van der Waals surface area (Å²) in [5.41, 5.74) is 0. The molecule has 98 valence electrons. The highest BCUT2D eigenvalue weighted by Crippen LogP contribution is 2.06. The van der Waals surface area contributed by atoms with E-state index in [0.29, 0.717) is 0 Å². The highest BCUT2D eigenvalue weighted by molar-refractivity contribution is 6.17. The van der Waals surface area contributed by atoms with E-state index in [1.165, 1.54) is 57.8 Å².